The second-order valence-corrected chi connectivity index (χ2v) is 7.50. The summed E-state index contributed by atoms with van der Waals surface area (Å²) in [6.45, 7) is 9.23. The topological polar surface area (TPSA) is 0 Å². The molecule has 0 aromatic heterocycles. The van der Waals surface area contributed by atoms with Crippen molar-refractivity contribution in [2.24, 2.45) is 0 Å². The summed E-state index contributed by atoms with van der Waals surface area (Å²) in [5, 5.41) is 0. The zero-order valence-electron chi connectivity index (χ0n) is 13.8. The lowest BCUT2D eigenvalue weighted by atomic mass is 9.81. The minimum atomic E-state index is 0.229. The minimum Gasteiger partial charge on any atom is -0.0587 e. The maximum Gasteiger partial charge on any atom is -0.0129 e. The third-order valence-electron chi connectivity index (χ3n) is 4.75. The van der Waals surface area contributed by atoms with Gasteiger partial charge in [-0.3, -0.25) is 0 Å². The summed E-state index contributed by atoms with van der Waals surface area (Å²) in [7, 11) is 0. The lowest BCUT2D eigenvalue weighted by Gasteiger charge is -2.24. The van der Waals surface area contributed by atoms with Crippen LogP contribution in [0.25, 0.3) is 0 Å². The Balaban J connectivity index is 2.05. The van der Waals surface area contributed by atoms with Crippen LogP contribution >= 0.6 is 0 Å². The molecule has 2 aromatic carbocycles. The molecule has 0 nitrogen and oxygen atoms in total. The molecule has 0 amide bonds. The molecule has 0 radical (unpaired) electrons. The Morgan fingerprint density at radius 1 is 0.714 bits per heavy atom. The summed E-state index contributed by atoms with van der Waals surface area (Å²) in [5.41, 5.74) is 9.21. The molecule has 0 aliphatic heterocycles. The van der Waals surface area contributed by atoms with Gasteiger partial charge in [0.05, 0.1) is 0 Å². The molecule has 0 atom stereocenters. The highest BCUT2D eigenvalue weighted by Gasteiger charge is 2.18. The van der Waals surface area contributed by atoms with E-state index >= 15 is 0 Å². The van der Waals surface area contributed by atoms with Gasteiger partial charge in [-0.1, -0.05) is 57.2 Å². The monoisotopic (exact) mass is 278 g/mol. The van der Waals surface area contributed by atoms with E-state index in [1.54, 1.807) is 5.56 Å². The van der Waals surface area contributed by atoms with E-state index in [1.165, 1.54) is 27.8 Å². The summed E-state index contributed by atoms with van der Waals surface area (Å²) >= 11 is 0. The van der Waals surface area contributed by atoms with Gasteiger partial charge in [0.15, 0.2) is 0 Å². The first-order valence-corrected chi connectivity index (χ1v) is 8.14. The van der Waals surface area contributed by atoms with Crippen molar-refractivity contribution in [2.75, 3.05) is 0 Å². The fourth-order valence-electron chi connectivity index (χ4n) is 3.49. The van der Waals surface area contributed by atoms with Crippen molar-refractivity contribution in [3.63, 3.8) is 0 Å². The molecule has 0 fully saturated rings. The van der Waals surface area contributed by atoms with Crippen molar-refractivity contribution in [3.8, 4) is 0 Å². The molecule has 4 rings (SSSR count). The summed E-state index contributed by atoms with van der Waals surface area (Å²) in [6, 6.07) is 14.2. The van der Waals surface area contributed by atoms with Crippen LogP contribution in [0.4, 0.5) is 0 Å². The van der Waals surface area contributed by atoms with Crippen molar-refractivity contribution in [2.45, 2.75) is 58.8 Å². The molecule has 0 heteroatoms. The van der Waals surface area contributed by atoms with Crippen LogP contribution in [0.1, 0.15) is 54.2 Å². The van der Waals surface area contributed by atoms with Crippen LogP contribution in [0.15, 0.2) is 36.4 Å². The van der Waals surface area contributed by atoms with Gasteiger partial charge >= 0.3 is 0 Å². The molecular weight excluding hydrogens is 252 g/mol. The average Bonchev–Trinajstić information content (AvgIpc) is 2.46. The van der Waals surface area contributed by atoms with E-state index in [4.69, 9.17) is 0 Å². The van der Waals surface area contributed by atoms with Gasteiger partial charge in [-0.25, -0.2) is 0 Å². The molecule has 0 spiro atoms. The van der Waals surface area contributed by atoms with Crippen molar-refractivity contribution in [3.05, 3.63) is 69.8 Å². The fraction of sp³-hybridized carbons (Fsp3) is 0.429. The van der Waals surface area contributed by atoms with E-state index in [2.05, 4.69) is 64.1 Å². The molecule has 2 aliphatic rings. The second-order valence-electron chi connectivity index (χ2n) is 7.50. The van der Waals surface area contributed by atoms with Crippen molar-refractivity contribution < 1.29 is 0 Å². The lowest BCUT2D eigenvalue weighted by molar-refractivity contribution is 0.581. The van der Waals surface area contributed by atoms with E-state index in [1.807, 2.05) is 0 Å². The van der Waals surface area contributed by atoms with Gasteiger partial charge < -0.3 is 0 Å². The summed E-state index contributed by atoms with van der Waals surface area (Å²) in [6.07, 6.45) is 4.60. The van der Waals surface area contributed by atoms with Crippen LogP contribution in [0.3, 0.4) is 0 Å². The van der Waals surface area contributed by atoms with Gasteiger partial charge in [0.2, 0.25) is 0 Å². The Labute approximate surface area is 129 Å². The highest BCUT2D eigenvalue weighted by atomic mass is 14.2. The number of hydrogen-bond donors (Lipinski definition) is 0. The molecule has 0 saturated heterocycles. The zero-order chi connectivity index (χ0) is 15.0. The van der Waals surface area contributed by atoms with Gasteiger partial charge in [0.25, 0.3) is 0 Å². The molecule has 110 valence electrons. The molecule has 0 heterocycles. The first-order valence-electron chi connectivity index (χ1n) is 8.14. The van der Waals surface area contributed by atoms with Crippen LogP contribution in [-0.2, 0) is 31.1 Å². The van der Waals surface area contributed by atoms with Crippen LogP contribution in [0.2, 0.25) is 0 Å². The number of rotatable bonds is 0. The summed E-state index contributed by atoms with van der Waals surface area (Å²) in [4.78, 5) is 0. The zero-order valence-corrected chi connectivity index (χ0v) is 13.8. The lowest BCUT2D eigenvalue weighted by Crippen LogP contribution is -2.15. The quantitative estimate of drug-likeness (QED) is 0.623. The number of fused-ring (bicyclic) bond motifs is 4. The van der Waals surface area contributed by atoms with E-state index in [0.717, 1.165) is 25.7 Å². The average molecular weight is 278 g/mol. The molecular formula is C21H26. The molecule has 0 N–H and O–H groups in total. The van der Waals surface area contributed by atoms with Crippen molar-refractivity contribution in [1.82, 2.24) is 0 Å². The Morgan fingerprint density at radius 3 is 2.00 bits per heavy atom. The van der Waals surface area contributed by atoms with Gasteiger partial charge in [-0.2, -0.15) is 0 Å². The third kappa shape index (κ3) is 3.05. The summed E-state index contributed by atoms with van der Waals surface area (Å²) in [5.74, 6) is 0. The molecule has 2 aliphatic carbocycles. The van der Waals surface area contributed by atoms with Crippen LogP contribution in [0.5, 0.6) is 0 Å². The molecule has 0 unspecified atom stereocenters. The van der Waals surface area contributed by atoms with Gasteiger partial charge in [-0.05, 0) is 71.4 Å². The third-order valence-corrected chi connectivity index (χ3v) is 4.75. The predicted octanol–water partition coefficient (Wildman–Crippen LogP) is 5.18. The highest BCUT2D eigenvalue weighted by molar-refractivity contribution is 5.40. The van der Waals surface area contributed by atoms with Crippen LogP contribution in [0, 0.1) is 6.92 Å². The number of hydrogen-bond acceptors (Lipinski definition) is 0. The standard InChI is InChI=1S/C21H26/c1-15-13-16-5-6-17-8-12-20(21(2,3)4)19(14-17)11-10-18(15)9-7-16/h7-9,12-14H,5-6,10-11H2,1-4H3. The molecule has 4 bridgehead atoms. The first kappa shape index (κ1) is 14.4. The minimum absolute atomic E-state index is 0.229. The molecule has 21 heavy (non-hydrogen) atoms. The number of aryl methyl sites for hydroxylation is 5. The van der Waals surface area contributed by atoms with E-state index in [0.29, 0.717) is 0 Å². The Bertz CT molecular complexity index is 656. The van der Waals surface area contributed by atoms with Gasteiger partial charge in [0.1, 0.15) is 0 Å². The SMILES string of the molecule is Cc1cc2ccc1CCc1cc(ccc1C(C)(C)C)CC2. The van der Waals surface area contributed by atoms with E-state index < -0.39 is 0 Å². The number of benzene rings is 2. The highest BCUT2D eigenvalue weighted by Crippen LogP contribution is 2.29. The van der Waals surface area contributed by atoms with Crippen LogP contribution in [-0.4, -0.2) is 0 Å². The predicted molar refractivity (Wildman–Crippen MR) is 91.1 cm³/mol. The Kier molecular flexibility index (Phi) is 3.65. The fourth-order valence-corrected chi connectivity index (χ4v) is 3.49. The first-order chi connectivity index (χ1) is 9.93. The maximum absolute atomic E-state index is 2.46. The summed E-state index contributed by atoms with van der Waals surface area (Å²) < 4.78 is 0. The smallest absolute Gasteiger partial charge is 0.0129 e. The van der Waals surface area contributed by atoms with Crippen molar-refractivity contribution in [1.29, 1.82) is 0 Å². The maximum atomic E-state index is 2.46. The molecule has 2 aromatic rings. The van der Waals surface area contributed by atoms with Crippen molar-refractivity contribution >= 4 is 0 Å². The van der Waals surface area contributed by atoms with Crippen LogP contribution < -0.4 is 0 Å². The largest absolute Gasteiger partial charge is 0.0587 e. The van der Waals surface area contributed by atoms with E-state index in [9.17, 15) is 0 Å². The normalized spacial score (nSPS) is 14.9. The molecule has 0 saturated carbocycles. The van der Waals surface area contributed by atoms with Gasteiger partial charge in [-0.15, -0.1) is 0 Å². The van der Waals surface area contributed by atoms with E-state index in [-0.39, 0.29) is 5.41 Å². The Morgan fingerprint density at radius 2 is 1.33 bits per heavy atom. The Hall–Kier alpha value is -1.56. The van der Waals surface area contributed by atoms with Gasteiger partial charge in [0, 0.05) is 0 Å². The second kappa shape index (κ2) is 5.33.